The summed E-state index contributed by atoms with van der Waals surface area (Å²) in [6.07, 6.45) is 0. The van der Waals surface area contributed by atoms with Gasteiger partial charge in [-0.1, -0.05) is 6.07 Å². The summed E-state index contributed by atoms with van der Waals surface area (Å²) in [5.74, 6) is 0.966. The molecular formula is C17H22N4O4. The van der Waals surface area contributed by atoms with Crippen molar-refractivity contribution in [2.75, 3.05) is 31.5 Å². The lowest BCUT2D eigenvalue weighted by Crippen LogP contribution is -2.22. The number of ether oxygens (including phenoxy) is 3. The second kappa shape index (κ2) is 8.18. The quantitative estimate of drug-likeness (QED) is 0.834. The van der Waals surface area contributed by atoms with Gasteiger partial charge in [0.1, 0.15) is 0 Å². The van der Waals surface area contributed by atoms with E-state index >= 15 is 0 Å². The molecule has 0 saturated carbocycles. The maximum Gasteiger partial charge on any atom is 0.323 e. The second-order valence-electron chi connectivity index (χ2n) is 5.11. The van der Waals surface area contributed by atoms with Gasteiger partial charge >= 0.3 is 12.0 Å². The molecule has 2 rings (SSSR count). The van der Waals surface area contributed by atoms with Gasteiger partial charge in [0, 0.05) is 0 Å². The smallest absolute Gasteiger partial charge is 0.323 e. The fourth-order valence-corrected chi connectivity index (χ4v) is 2.31. The molecule has 134 valence electrons. The van der Waals surface area contributed by atoms with E-state index in [1.54, 1.807) is 32.0 Å². The first kappa shape index (κ1) is 18.3. The van der Waals surface area contributed by atoms with Crippen LogP contribution in [0.1, 0.15) is 18.3 Å². The van der Waals surface area contributed by atoms with Gasteiger partial charge < -0.3 is 24.8 Å². The molecular weight excluding hydrogens is 324 g/mol. The summed E-state index contributed by atoms with van der Waals surface area (Å²) in [6.45, 7) is 5.88. The van der Waals surface area contributed by atoms with Gasteiger partial charge in [-0.15, -0.1) is 0 Å². The molecule has 2 aromatic rings. The molecule has 1 aromatic carbocycles. The number of urea groups is 1. The fraction of sp³-hybridized carbons (Fsp3) is 0.353. The number of amides is 2. The normalized spacial score (nSPS) is 10.1. The number of nitrogens with zero attached hydrogens (tertiary/aromatic N) is 2. The highest BCUT2D eigenvalue weighted by Gasteiger charge is 2.15. The molecule has 0 atom stereocenters. The first-order valence-corrected chi connectivity index (χ1v) is 7.77. The Bertz CT molecular complexity index is 741. The van der Waals surface area contributed by atoms with E-state index in [1.165, 1.54) is 14.2 Å². The number of aryl methyl sites for hydroxylation is 2. The van der Waals surface area contributed by atoms with Gasteiger partial charge in [-0.25, -0.2) is 4.79 Å². The lowest BCUT2D eigenvalue weighted by molar-refractivity contribution is 0.262. The summed E-state index contributed by atoms with van der Waals surface area (Å²) in [6, 6.07) is 5.07. The van der Waals surface area contributed by atoms with Crippen LogP contribution in [-0.2, 0) is 0 Å². The minimum absolute atomic E-state index is 0.290. The van der Waals surface area contributed by atoms with E-state index in [0.717, 1.165) is 0 Å². The van der Waals surface area contributed by atoms with Gasteiger partial charge in [-0.3, -0.25) is 0 Å². The average Bonchev–Trinajstić information content (AvgIpc) is 2.58. The van der Waals surface area contributed by atoms with Crippen LogP contribution >= 0.6 is 0 Å². The van der Waals surface area contributed by atoms with Crippen LogP contribution in [0.15, 0.2) is 18.2 Å². The van der Waals surface area contributed by atoms with Crippen LogP contribution in [0, 0.1) is 13.8 Å². The molecule has 25 heavy (non-hydrogen) atoms. The molecule has 1 heterocycles. The van der Waals surface area contributed by atoms with Gasteiger partial charge in [-0.05, 0) is 32.9 Å². The molecule has 2 N–H and O–H groups in total. The molecule has 8 heteroatoms. The Kier molecular flexibility index (Phi) is 5.99. The first-order chi connectivity index (χ1) is 12.0. The Morgan fingerprint density at radius 2 is 1.76 bits per heavy atom. The van der Waals surface area contributed by atoms with Crippen LogP contribution < -0.4 is 24.8 Å². The van der Waals surface area contributed by atoms with Crippen LogP contribution in [0.2, 0.25) is 0 Å². The Hall–Kier alpha value is -3.03. The van der Waals surface area contributed by atoms with Crippen molar-refractivity contribution in [3.63, 3.8) is 0 Å². The second-order valence-corrected chi connectivity index (χ2v) is 5.11. The first-order valence-electron chi connectivity index (χ1n) is 7.77. The van der Waals surface area contributed by atoms with Crippen LogP contribution in [0.5, 0.6) is 17.5 Å². The zero-order valence-electron chi connectivity index (χ0n) is 15.0. The number of aromatic nitrogens is 2. The number of anilines is 2. The Morgan fingerprint density at radius 3 is 2.32 bits per heavy atom. The fourth-order valence-electron chi connectivity index (χ4n) is 2.31. The van der Waals surface area contributed by atoms with Crippen LogP contribution in [0.25, 0.3) is 0 Å². The van der Waals surface area contributed by atoms with Gasteiger partial charge in [0.15, 0.2) is 11.5 Å². The predicted octanol–water partition coefficient (Wildman–Crippen LogP) is 3.15. The van der Waals surface area contributed by atoms with Gasteiger partial charge in [0.25, 0.3) is 0 Å². The summed E-state index contributed by atoms with van der Waals surface area (Å²) >= 11 is 0. The van der Waals surface area contributed by atoms with E-state index in [9.17, 15) is 4.79 Å². The van der Waals surface area contributed by atoms with Crippen LogP contribution in [0.4, 0.5) is 16.2 Å². The molecule has 0 aliphatic carbocycles. The highest BCUT2D eigenvalue weighted by atomic mass is 16.5. The SMILES string of the molecule is CCOc1nc(C)c(NC(=O)Nc2cccc(OC)c2OC)c(C)n1. The van der Waals surface area contributed by atoms with E-state index in [4.69, 9.17) is 14.2 Å². The van der Waals surface area contributed by atoms with Gasteiger partial charge in [0.05, 0.1) is 43.6 Å². The molecule has 0 saturated heterocycles. The number of para-hydroxylation sites is 1. The molecule has 0 fully saturated rings. The molecule has 0 aliphatic rings. The number of hydrogen-bond acceptors (Lipinski definition) is 6. The minimum Gasteiger partial charge on any atom is -0.493 e. The highest BCUT2D eigenvalue weighted by molar-refractivity contribution is 6.01. The van der Waals surface area contributed by atoms with E-state index < -0.39 is 6.03 Å². The lowest BCUT2D eigenvalue weighted by atomic mass is 10.2. The van der Waals surface area contributed by atoms with Crippen molar-refractivity contribution in [2.24, 2.45) is 0 Å². The van der Waals surface area contributed by atoms with Gasteiger partial charge in [-0.2, -0.15) is 9.97 Å². The highest BCUT2D eigenvalue weighted by Crippen LogP contribution is 2.34. The van der Waals surface area contributed by atoms with Gasteiger partial charge in [0.2, 0.25) is 0 Å². The standard InChI is InChI=1S/C17H22N4O4/c1-6-25-17-18-10(2)14(11(3)19-17)21-16(22)20-12-8-7-9-13(23-4)15(12)24-5/h7-9H,6H2,1-5H3,(H2,20,21,22). The third kappa shape index (κ3) is 4.28. The molecule has 0 aliphatic heterocycles. The average molecular weight is 346 g/mol. The molecule has 0 spiro atoms. The van der Waals surface area contributed by atoms with Crippen molar-refractivity contribution in [1.29, 1.82) is 0 Å². The van der Waals surface area contributed by atoms with Crippen LogP contribution in [0.3, 0.4) is 0 Å². The molecule has 8 nitrogen and oxygen atoms in total. The Morgan fingerprint density at radius 1 is 1.08 bits per heavy atom. The molecule has 0 bridgehead atoms. The number of rotatable bonds is 6. The van der Waals surface area contributed by atoms with Crippen molar-refractivity contribution in [2.45, 2.75) is 20.8 Å². The van der Waals surface area contributed by atoms with Crippen molar-refractivity contribution >= 4 is 17.4 Å². The number of carbonyl (C=O) groups excluding carboxylic acids is 1. The van der Waals surface area contributed by atoms with Crippen molar-refractivity contribution in [3.8, 4) is 17.5 Å². The maximum absolute atomic E-state index is 12.4. The topological polar surface area (TPSA) is 94.6 Å². The van der Waals surface area contributed by atoms with Crippen molar-refractivity contribution in [3.05, 3.63) is 29.6 Å². The van der Waals surface area contributed by atoms with E-state index in [2.05, 4.69) is 20.6 Å². The predicted molar refractivity (Wildman–Crippen MR) is 94.9 cm³/mol. The third-order valence-electron chi connectivity index (χ3n) is 3.41. The van der Waals surface area contributed by atoms with E-state index in [1.807, 2.05) is 6.92 Å². The molecule has 2 amide bonds. The molecule has 0 unspecified atom stereocenters. The lowest BCUT2D eigenvalue weighted by Gasteiger charge is -2.15. The number of hydrogen-bond donors (Lipinski definition) is 2. The molecule has 1 aromatic heterocycles. The third-order valence-corrected chi connectivity index (χ3v) is 3.41. The number of methoxy groups -OCH3 is 2. The molecule has 0 radical (unpaired) electrons. The maximum atomic E-state index is 12.4. The van der Waals surface area contributed by atoms with E-state index in [0.29, 0.717) is 40.9 Å². The monoisotopic (exact) mass is 346 g/mol. The summed E-state index contributed by atoms with van der Waals surface area (Å²) < 4.78 is 15.8. The Labute approximate surface area is 146 Å². The zero-order chi connectivity index (χ0) is 18.4. The Balaban J connectivity index is 2.19. The van der Waals surface area contributed by atoms with Crippen molar-refractivity contribution in [1.82, 2.24) is 9.97 Å². The summed E-state index contributed by atoms with van der Waals surface area (Å²) in [5.41, 5.74) is 2.25. The zero-order valence-corrected chi connectivity index (χ0v) is 15.0. The summed E-state index contributed by atoms with van der Waals surface area (Å²) in [7, 11) is 3.04. The summed E-state index contributed by atoms with van der Waals surface area (Å²) in [4.78, 5) is 20.8. The largest absolute Gasteiger partial charge is 0.493 e. The van der Waals surface area contributed by atoms with Crippen molar-refractivity contribution < 1.29 is 19.0 Å². The number of nitrogens with one attached hydrogen (secondary N) is 2. The number of carbonyl (C=O) groups is 1. The number of benzene rings is 1. The van der Waals surface area contributed by atoms with Crippen LogP contribution in [-0.4, -0.2) is 36.8 Å². The van der Waals surface area contributed by atoms with E-state index in [-0.39, 0.29) is 6.01 Å². The minimum atomic E-state index is -0.439. The summed E-state index contributed by atoms with van der Waals surface area (Å²) in [5, 5.41) is 5.50.